The van der Waals surface area contributed by atoms with Crippen LogP contribution in [0.5, 0.6) is 0 Å². The van der Waals surface area contributed by atoms with Gasteiger partial charge in [0.15, 0.2) is 11.6 Å². The maximum atomic E-state index is 12.8. The third-order valence-corrected chi connectivity index (χ3v) is 5.05. The highest BCUT2D eigenvalue weighted by Crippen LogP contribution is 2.23. The number of rotatable bonds is 5. The second kappa shape index (κ2) is 7.01. The third kappa shape index (κ3) is 2.99. The van der Waals surface area contributed by atoms with Gasteiger partial charge >= 0.3 is 0 Å². The lowest BCUT2D eigenvalue weighted by Crippen LogP contribution is -2.19. The SMILES string of the molecule is O=C(c1ccccc1)c1ccc2nc(NC[C@@H]3CCCO3)c3nncn3c2c1. The van der Waals surface area contributed by atoms with Crippen molar-refractivity contribution in [2.75, 3.05) is 18.5 Å². The summed E-state index contributed by atoms with van der Waals surface area (Å²) < 4.78 is 7.53. The zero-order valence-corrected chi connectivity index (χ0v) is 15.2. The van der Waals surface area contributed by atoms with Crippen LogP contribution < -0.4 is 5.32 Å². The standard InChI is InChI=1S/C21H19N5O2/c27-19(14-5-2-1-3-6-14)15-8-9-17-18(11-15)26-13-23-25-21(26)20(24-17)22-12-16-7-4-10-28-16/h1-3,5-6,8-9,11,13,16H,4,7,10,12H2,(H,22,24)/t16-/m0/s1. The highest BCUT2D eigenvalue weighted by molar-refractivity contribution is 6.10. The molecule has 5 rings (SSSR count). The molecule has 1 aliphatic rings. The Hall–Kier alpha value is -3.32. The highest BCUT2D eigenvalue weighted by atomic mass is 16.5. The monoisotopic (exact) mass is 373 g/mol. The number of ether oxygens (including phenoxy) is 1. The van der Waals surface area contributed by atoms with Crippen LogP contribution in [0.2, 0.25) is 0 Å². The molecule has 0 aliphatic carbocycles. The molecule has 0 radical (unpaired) electrons. The smallest absolute Gasteiger partial charge is 0.203 e. The van der Waals surface area contributed by atoms with Crippen LogP contribution in [0.1, 0.15) is 28.8 Å². The molecule has 2 aromatic heterocycles. The summed E-state index contributed by atoms with van der Waals surface area (Å²) in [5, 5.41) is 11.6. The number of ketones is 1. The van der Waals surface area contributed by atoms with Crippen LogP contribution >= 0.6 is 0 Å². The van der Waals surface area contributed by atoms with Gasteiger partial charge in [0.05, 0.1) is 17.1 Å². The largest absolute Gasteiger partial charge is 0.376 e. The van der Waals surface area contributed by atoms with Crippen LogP contribution in [0, 0.1) is 0 Å². The Balaban J connectivity index is 1.53. The van der Waals surface area contributed by atoms with E-state index in [9.17, 15) is 4.79 Å². The van der Waals surface area contributed by atoms with Crippen LogP contribution in [0.15, 0.2) is 54.9 Å². The molecule has 7 heteroatoms. The molecule has 0 saturated carbocycles. The van der Waals surface area contributed by atoms with E-state index >= 15 is 0 Å². The van der Waals surface area contributed by atoms with Gasteiger partial charge in [-0.05, 0) is 31.0 Å². The number of hydrogen-bond donors (Lipinski definition) is 1. The van der Waals surface area contributed by atoms with Gasteiger partial charge in [0.2, 0.25) is 5.65 Å². The zero-order valence-electron chi connectivity index (χ0n) is 15.2. The summed E-state index contributed by atoms with van der Waals surface area (Å²) in [5.41, 5.74) is 3.46. The Morgan fingerprint density at radius 1 is 1.18 bits per heavy atom. The number of aromatic nitrogens is 4. The Bertz CT molecular complexity index is 1150. The fourth-order valence-electron chi connectivity index (χ4n) is 3.59. The van der Waals surface area contributed by atoms with Crippen molar-refractivity contribution >= 4 is 28.3 Å². The van der Waals surface area contributed by atoms with Gasteiger partial charge in [0, 0.05) is 24.3 Å². The van der Waals surface area contributed by atoms with Gasteiger partial charge in [0.25, 0.3) is 0 Å². The van der Waals surface area contributed by atoms with Crippen molar-refractivity contribution in [1.29, 1.82) is 0 Å². The summed E-state index contributed by atoms with van der Waals surface area (Å²) in [4.78, 5) is 17.5. The van der Waals surface area contributed by atoms with Gasteiger partial charge in [0.1, 0.15) is 6.33 Å². The first kappa shape index (κ1) is 16.8. The van der Waals surface area contributed by atoms with Crippen LogP contribution in [0.4, 0.5) is 5.82 Å². The average Bonchev–Trinajstić information content (AvgIpc) is 3.44. The minimum Gasteiger partial charge on any atom is -0.376 e. The van der Waals surface area contributed by atoms with Crippen LogP contribution in [0.25, 0.3) is 16.7 Å². The average molecular weight is 373 g/mol. The first-order chi connectivity index (χ1) is 13.8. The molecule has 140 valence electrons. The molecule has 2 aromatic carbocycles. The van der Waals surface area contributed by atoms with Gasteiger partial charge in [-0.3, -0.25) is 9.20 Å². The molecular weight excluding hydrogens is 354 g/mol. The van der Waals surface area contributed by atoms with Crippen LogP contribution in [-0.2, 0) is 4.74 Å². The lowest BCUT2D eigenvalue weighted by atomic mass is 10.0. The lowest BCUT2D eigenvalue weighted by molar-refractivity contribution is 0.103. The minimum atomic E-state index is -0.0238. The highest BCUT2D eigenvalue weighted by Gasteiger charge is 2.18. The molecule has 0 bridgehead atoms. The molecule has 1 aliphatic heterocycles. The van der Waals surface area contributed by atoms with E-state index in [-0.39, 0.29) is 11.9 Å². The summed E-state index contributed by atoms with van der Waals surface area (Å²) in [5.74, 6) is 0.645. The Morgan fingerprint density at radius 2 is 2.07 bits per heavy atom. The first-order valence-corrected chi connectivity index (χ1v) is 9.38. The summed E-state index contributed by atoms with van der Waals surface area (Å²) in [6.45, 7) is 1.50. The Morgan fingerprint density at radius 3 is 2.89 bits per heavy atom. The van der Waals surface area contributed by atoms with Crippen molar-refractivity contribution in [1.82, 2.24) is 19.6 Å². The van der Waals surface area contributed by atoms with E-state index in [1.165, 1.54) is 0 Å². The van der Waals surface area contributed by atoms with E-state index in [1.807, 2.05) is 52.9 Å². The predicted molar refractivity (Wildman–Crippen MR) is 106 cm³/mol. The Labute approximate surface area is 161 Å². The molecule has 1 N–H and O–H groups in total. The number of carbonyl (C=O) groups excluding carboxylic acids is 1. The van der Waals surface area contributed by atoms with Crippen molar-refractivity contribution in [3.63, 3.8) is 0 Å². The zero-order chi connectivity index (χ0) is 18.9. The molecule has 1 atom stereocenters. The van der Waals surface area contributed by atoms with Crippen molar-refractivity contribution in [2.24, 2.45) is 0 Å². The number of benzene rings is 2. The van der Waals surface area contributed by atoms with Crippen LogP contribution in [0.3, 0.4) is 0 Å². The fraction of sp³-hybridized carbons (Fsp3) is 0.238. The maximum absolute atomic E-state index is 12.8. The number of nitrogens with one attached hydrogen (secondary N) is 1. The van der Waals surface area contributed by atoms with Crippen molar-refractivity contribution in [2.45, 2.75) is 18.9 Å². The summed E-state index contributed by atoms with van der Waals surface area (Å²) in [6.07, 6.45) is 3.99. The van der Waals surface area contributed by atoms with Gasteiger partial charge < -0.3 is 10.1 Å². The molecule has 1 fully saturated rings. The number of carbonyl (C=O) groups is 1. The molecule has 0 spiro atoms. The summed E-state index contributed by atoms with van der Waals surface area (Å²) >= 11 is 0. The normalized spacial score (nSPS) is 16.6. The molecule has 1 saturated heterocycles. The molecule has 0 amide bonds. The van der Waals surface area contributed by atoms with Crippen molar-refractivity contribution < 1.29 is 9.53 Å². The van der Waals surface area contributed by atoms with E-state index < -0.39 is 0 Å². The van der Waals surface area contributed by atoms with E-state index in [0.717, 1.165) is 30.5 Å². The Kier molecular flexibility index (Phi) is 4.21. The van der Waals surface area contributed by atoms with Gasteiger partial charge in [-0.25, -0.2) is 4.98 Å². The van der Waals surface area contributed by atoms with E-state index in [0.29, 0.717) is 29.1 Å². The summed E-state index contributed by atoms with van der Waals surface area (Å²) in [6, 6.07) is 14.8. The maximum Gasteiger partial charge on any atom is 0.203 e. The second-order valence-electron chi connectivity index (χ2n) is 6.90. The fourth-order valence-corrected chi connectivity index (χ4v) is 3.59. The summed E-state index contributed by atoms with van der Waals surface area (Å²) in [7, 11) is 0. The number of nitrogens with zero attached hydrogens (tertiary/aromatic N) is 4. The molecule has 0 unspecified atom stereocenters. The molecule has 4 aromatic rings. The predicted octanol–water partition coefficient (Wildman–Crippen LogP) is 3.10. The molecule has 28 heavy (non-hydrogen) atoms. The number of fused-ring (bicyclic) bond motifs is 3. The topological polar surface area (TPSA) is 81.4 Å². The van der Waals surface area contributed by atoms with E-state index in [2.05, 4.69) is 15.5 Å². The molecule has 7 nitrogen and oxygen atoms in total. The molecular formula is C21H19N5O2. The van der Waals surface area contributed by atoms with Gasteiger partial charge in [-0.1, -0.05) is 30.3 Å². The van der Waals surface area contributed by atoms with Gasteiger partial charge in [-0.2, -0.15) is 0 Å². The number of anilines is 1. The number of hydrogen-bond acceptors (Lipinski definition) is 6. The van der Waals surface area contributed by atoms with Crippen molar-refractivity contribution in [3.8, 4) is 0 Å². The third-order valence-electron chi connectivity index (χ3n) is 5.05. The minimum absolute atomic E-state index is 0.0238. The quantitative estimate of drug-likeness (QED) is 0.542. The first-order valence-electron chi connectivity index (χ1n) is 9.38. The van der Waals surface area contributed by atoms with Crippen LogP contribution in [-0.4, -0.2) is 44.6 Å². The van der Waals surface area contributed by atoms with E-state index in [4.69, 9.17) is 9.72 Å². The van der Waals surface area contributed by atoms with Gasteiger partial charge in [-0.15, -0.1) is 10.2 Å². The second-order valence-corrected chi connectivity index (χ2v) is 6.90. The molecule has 3 heterocycles. The van der Waals surface area contributed by atoms with Crippen molar-refractivity contribution in [3.05, 3.63) is 66.0 Å². The lowest BCUT2D eigenvalue weighted by Gasteiger charge is -2.13. The van der Waals surface area contributed by atoms with E-state index in [1.54, 1.807) is 6.33 Å².